The molecule has 0 saturated heterocycles. The summed E-state index contributed by atoms with van der Waals surface area (Å²) in [5.41, 5.74) is 7.59. The van der Waals surface area contributed by atoms with Gasteiger partial charge >= 0.3 is 0 Å². The van der Waals surface area contributed by atoms with Crippen molar-refractivity contribution >= 4 is 12.4 Å². The van der Waals surface area contributed by atoms with E-state index in [2.05, 4.69) is 10.1 Å². The van der Waals surface area contributed by atoms with E-state index in [9.17, 15) is 0 Å². The Morgan fingerprint density at radius 1 is 1.19 bits per heavy atom. The van der Waals surface area contributed by atoms with Gasteiger partial charge in [0.1, 0.15) is 6.61 Å². The molecule has 0 bridgehead atoms. The summed E-state index contributed by atoms with van der Waals surface area (Å²) in [6, 6.07) is 7.85. The highest BCUT2D eigenvalue weighted by Gasteiger charge is 2.17. The molecule has 0 amide bonds. The number of ether oxygens (including phenoxy) is 1. The highest BCUT2D eigenvalue weighted by Crippen LogP contribution is 2.22. The molecule has 0 atom stereocenters. The molecule has 3 rings (SSSR count). The Bertz CT molecular complexity index is 550. The molecule has 21 heavy (non-hydrogen) atoms. The van der Waals surface area contributed by atoms with Gasteiger partial charge in [-0.05, 0) is 18.4 Å². The molecule has 1 fully saturated rings. The van der Waals surface area contributed by atoms with Gasteiger partial charge in [-0.15, -0.1) is 12.4 Å². The summed E-state index contributed by atoms with van der Waals surface area (Å²) in [6.45, 7) is 0.936. The van der Waals surface area contributed by atoms with Crippen molar-refractivity contribution < 1.29 is 9.26 Å². The lowest BCUT2D eigenvalue weighted by Gasteiger charge is -2.07. The van der Waals surface area contributed by atoms with E-state index in [4.69, 9.17) is 15.0 Å². The third kappa shape index (κ3) is 4.03. The van der Waals surface area contributed by atoms with Crippen LogP contribution in [0.25, 0.3) is 11.4 Å². The third-order valence-electron chi connectivity index (χ3n) is 3.66. The fourth-order valence-corrected chi connectivity index (χ4v) is 2.46. The predicted octanol–water partition coefficient (Wildman–Crippen LogP) is 3.08. The SMILES string of the molecule is Cl.NCc1ccc(-c2noc(COC3CCCC3)n2)cc1. The molecule has 0 aliphatic heterocycles. The van der Waals surface area contributed by atoms with Crippen molar-refractivity contribution in [2.75, 3.05) is 0 Å². The summed E-state index contributed by atoms with van der Waals surface area (Å²) in [6.07, 6.45) is 5.15. The Morgan fingerprint density at radius 3 is 2.57 bits per heavy atom. The lowest BCUT2D eigenvalue weighted by Crippen LogP contribution is -2.07. The van der Waals surface area contributed by atoms with Gasteiger partial charge in [-0.1, -0.05) is 42.3 Å². The Balaban J connectivity index is 0.00000161. The highest BCUT2D eigenvalue weighted by molar-refractivity contribution is 5.85. The maximum atomic E-state index is 5.76. The van der Waals surface area contributed by atoms with E-state index in [1.165, 1.54) is 12.8 Å². The van der Waals surface area contributed by atoms with Crippen LogP contribution in [0.5, 0.6) is 0 Å². The fraction of sp³-hybridized carbons (Fsp3) is 0.467. The third-order valence-corrected chi connectivity index (χ3v) is 3.66. The van der Waals surface area contributed by atoms with Gasteiger partial charge in [0.2, 0.25) is 5.82 Å². The van der Waals surface area contributed by atoms with Crippen LogP contribution in [-0.2, 0) is 17.9 Å². The van der Waals surface area contributed by atoms with Gasteiger partial charge in [0.05, 0.1) is 6.10 Å². The van der Waals surface area contributed by atoms with Crippen LogP contribution in [-0.4, -0.2) is 16.2 Å². The second kappa shape index (κ2) is 7.54. The van der Waals surface area contributed by atoms with Crippen molar-refractivity contribution in [1.29, 1.82) is 0 Å². The van der Waals surface area contributed by atoms with Crippen LogP contribution in [0.4, 0.5) is 0 Å². The lowest BCUT2D eigenvalue weighted by atomic mass is 10.1. The van der Waals surface area contributed by atoms with Crippen molar-refractivity contribution in [3.8, 4) is 11.4 Å². The Labute approximate surface area is 130 Å². The lowest BCUT2D eigenvalue weighted by molar-refractivity contribution is 0.0305. The number of nitrogens with zero attached hydrogens (tertiary/aromatic N) is 2. The van der Waals surface area contributed by atoms with Gasteiger partial charge in [0, 0.05) is 12.1 Å². The molecule has 114 valence electrons. The zero-order valence-electron chi connectivity index (χ0n) is 11.8. The average Bonchev–Trinajstić information content (AvgIpc) is 3.17. The molecule has 2 aromatic rings. The number of aromatic nitrogens is 2. The van der Waals surface area contributed by atoms with E-state index in [1.807, 2.05) is 24.3 Å². The molecule has 0 radical (unpaired) electrons. The second-order valence-corrected chi connectivity index (χ2v) is 5.13. The van der Waals surface area contributed by atoms with Crippen molar-refractivity contribution in [1.82, 2.24) is 10.1 Å². The molecule has 6 heteroatoms. The summed E-state index contributed by atoms with van der Waals surface area (Å²) < 4.78 is 11.0. The van der Waals surface area contributed by atoms with Crippen LogP contribution in [0.15, 0.2) is 28.8 Å². The van der Waals surface area contributed by atoms with Crippen molar-refractivity contribution in [3.05, 3.63) is 35.7 Å². The number of hydrogen-bond acceptors (Lipinski definition) is 5. The van der Waals surface area contributed by atoms with Crippen LogP contribution in [0, 0.1) is 0 Å². The Morgan fingerprint density at radius 2 is 1.90 bits per heavy atom. The van der Waals surface area contributed by atoms with Crippen molar-refractivity contribution in [2.24, 2.45) is 5.73 Å². The zero-order chi connectivity index (χ0) is 13.8. The molecule has 1 aliphatic carbocycles. The molecule has 1 aliphatic rings. The number of hydrogen-bond donors (Lipinski definition) is 1. The molecule has 0 unspecified atom stereocenters. The van der Waals surface area contributed by atoms with Crippen LogP contribution >= 0.6 is 12.4 Å². The molecule has 1 aromatic carbocycles. The minimum absolute atomic E-state index is 0. The van der Waals surface area contributed by atoms with Gasteiger partial charge in [-0.3, -0.25) is 0 Å². The Kier molecular flexibility index (Phi) is 5.73. The second-order valence-electron chi connectivity index (χ2n) is 5.13. The van der Waals surface area contributed by atoms with Gasteiger partial charge in [-0.2, -0.15) is 4.98 Å². The number of benzene rings is 1. The maximum absolute atomic E-state index is 5.76. The molecule has 1 saturated carbocycles. The molecule has 0 spiro atoms. The molecule has 1 heterocycles. The van der Waals surface area contributed by atoms with E-state index in [0.29, 0.717) is 31.0 Å². The maximum Gasteiger partial charge on any atom is 0.252 e. The molecule has 2 N–H and O–H groups in total. The first-order valence-electron chi connectivity index (χ1n) is 7.09. The normalized spacial score (nSPS) is 15.1. The Hall–Kier alpha value is -1.43. The van der Waals surface area contributed by atoms with Gasteiger partial charge < -0.3 is 15.0 Å². The zero-order valence-corrected chi connectivity index (χ0v) is 12.6. The first kappa shape index (κ1) is 15.9. The number of rotatable bonds is 5. The first-order chi connectivity index (χ1) is 9.85. The van der Waals surface area contributed by atoms with Crippen LogP contribution in [0.3, 0.4) is 0 Å². The molecule has 1 aromatic heterocycles. The van der Waals surface area contributed by atoms with Gasteiger partial charge in [0.15, 0.2) is 0 Å². The standard InChI is InChI=1S/C15H19N3O2.ClH/c16-9-11-5-7-12(8-6-11)15-17-14(20-18-15)10-19-13-3-1-2-4-13;/h5-8,13H,1-4,9-10,16H2;1H. The van der Waals surface area contributed by atoms with Crippen molar-refractivity contribution in [3.63, 3.8) is 0 Å². The topological polar surface area (TPSA) is 74.2 Å². The summed E-state index contributed by atoms with van der Waals surface area (Å²) in [7, 11) is 0. The van der Waals surface area contributed by atoms with Gasteiger partial charge in [0.25, 0.3) is 5.89 Å². The van der Waals surface area contributed by atoms with E-state index in [0.717, 1.165) is 24.0 Å². The van der Waals surface area contributed by atoms with E-state index in [1.54, 1.807) is 0 Å². The molecule has 5 nitrogen and oxygen atoms in total. The summed E-state index contributed by atoms with van der Waals surface area (Å²) in [5.74, 6) is 1.13. The van der Waals surface area contributed by atoms with Crippen molar-refractivity contribution in [2.45, 2.75) is 44.9 Å². The van der Waals surface area contributed by atoms with E-state index in [-0.39, 0.29) is 12.4 Å². The fourth-order valence-electron chi connectivity index (χ4n) is 2.46. The minimum Gasteiger partial charge on any atom is -0.368 e. The van der Waals surface area contributed by atoms with E-state index < -0.39 is 0 Å². The largest absolute Gasteiger partial charge is 0.368 e. The molecular weight excluding hydrogens is 290 g/mol. The van der Waals surface area contributed by atoms with E-state index >= 15 is 0 Å². The van der Waals surface area contributed by atoms with Crippen LogP contribution < -0.4 is 5.73 Å². The monoisotopic (exact) mass is 309 g/mol. The van der Waals surface area contributed by atoms with Crippen LogP contribution in [0.1, 0.15) is 37.1 Å². The minimum atomic E-state index is 0. The number of nitrogens with two attached hydrogens (primary N) is 1. The predicted molar refractivity (Wildman–Crippen MR) is 81.9 cm³/mol. The number of halogens is 1. The smallest absolute Gasteiger partial charge is 0.252 e. The van der Waals surface area contributed by atoms with Crippen LogP contribution in [0.2, 0.25) is 0 Å². The quantitative estimate of drug-likeness (QED) is 0.918. The average molecular weight is 310 g/mol. The molecular formula is C15H20ClN3O2. The van der Waals surface area contributed by atoms with Gasteiger partial charge in [-0.25, -0.2) is 0 Å². The summed E-state index contributed by atoms with van der Waals surface area (Å²) >= 11 is 0. The summed E-state index contributed by atoms with van der Waals surface area (Å²) in [5, 5.41) is 3.99. The first-order valence-corrected chi connectivity index (χ1v) is 7.09. The summed E-state index contributed by atoms with van der Waals surface area (Å²) in [4.78, 5) is 4.36. The highest BCUT2D eigenvalue weighted by atomic mass is 35.5.